The third-order valence-electron chi connectivity index (χ3n) is 6.41. The molecule has 0 spiro atoms. The standard InChI is InChI=1S/C25H25N7OS/c1-31-12-18(27-14-31)21-19(16-6-4-3-5-7-16)20-22(28-17-10-15(11-17)13-33)29-23(30-25(20)34-21)24-26-8-9-32(24)2/h3-9,12,14-15,17,33H,10-11,13H2,1-2H3,(H,28,29,30)/t15-,17+. The van der Waals surface area contributed by atoms with Crippen LogP contribution < -0.4 is 5.32 Å². The summed E-state index contributed by atoms with van der Waals surface area (Å²) in [6, 6.07) is 10.6. The molecule has 6 rings (SSSR count). The van der Waals surface area contributed by atoms with Gasteiger partial charge in [0.15, 0.2) is 11.6 Å². The summed E-state index contributed by atoms with van der Waals surface area (Å²) < 4.78 is 3.89. The average molecular weight is 472 g/mol. The van der Waals surface area contributed by atoms with Gasteiger partial charge in [0.2, 0.25) is 0 Å². The molecule has 1 aliphatic rings. The highest BCUT2D eigenvalue weighted by molar-refractivity contribution is 7.22. The van der Waals surface area contributed by atoms with Gasteiger partial charge in [-0.3, -0.25) is 0 Å². The first-order chi connectivity index (χ1) is 16.6. The van der Waals surface area contributed by atoms with Crippen molar-refractivity contribution in [1.82, 2.24) is 29.1 Å². The van der Waals surface area contributed by atoms with Crippen molar-refractivity contribution in [2.24, 2.45) is 20.0 Å². The number of rotatable bonds is 6. The predicted molar refractivity (Wildman–Crippen MR) is 134 cm³/mol. The minimum Gasteiger partial charge on any atom is -0.396 e. The number of hydrogen-bond acceptors (Lipinski definition) is 7. The van der Waals surface area contributed by atoms with E-state index in [1.54, 1.807) is 17.5 Å². The quantitative estimate of drug-likeness (QED) is 0.383. The third-order valence-corrected chi connectivity index (χ3v) is 7.51. The lowest BCUT2D eigenvalue weighted by Crippen LogP contribution is -2.37. The molecule has 172 valence electrons. The molecule has 0 aliphatic heterocycles. The number of imidazole rings is 2. The lowest BCUT2D eigenvalue weighted by molar-refractivity contribution is 0.151. The van der Waals surface area contributed by atoms with Crippen molar-refractivity contribution in [3.8, 4) is 33.3 Å². The SMILES string of the molecule is Cn1cnc(-c2sc3nc(-c4nccn4C)nc(N[C@H]4C[C@@H](CO)C4)c3c2-c2ccccc2)c1. The van der Waals surface area contributed by atoms with Gasteiger partial charge in [0.25, 0.3) is 0 Å². The lowest BCUT2D eigenvalue weighted by atomic mass is 9.81. The summed E-state index contributed by atoms with van der Waals surface area (Å²) in [4.78, 5) is 21.1. The number of aliphatic hydroxyl groups is 1. The zero-order chi connectivity index (χ0) is 23.2. The fourth-order valence-corrected chi connectivity index (χ4v) is 5.73. The Bertz CT molecular complexity index is 1460. The fourth-order valence-electron chi connectivity index (χ4n) is 4.57. The van der Waals surface area contributed by atoms with Crippen LogP contribution in [0.3, 0.4) is 0 Å². The molecule has 4 heterocycles. The Morgan fingerprint density at radius 2 is 1.94 bits per heavy atom. The van der Waals surface area contributed by atoms with E-state index >= 15 is 0 Å². The monoisotopic (exact) mass is 471 g/mol. The second-order valence-electron chi connectivity index (χ2n) is 8.90. The van der Waals surface area contributed by atoms with E-state index in [0.29, 0.717) is 11.7 Å². The van der Waals surface area contributed by atoms with Crippen LogP contribution in [0.5, 0.6) is 0 Å². The number of benzene rings is 1. The first kappa shape index (κ1) is 21.0. The molecule has 0 amide bonds. The molecule has 1 fully saturated rings. The van der Waals surface area contributed by atoms with Crippen LogP contribution in [0.4, 0.5) is 5.82 Å². The zero-order valence-electron chi connectivity index (χ0n) is 19.0. The Hall–Kier alpha value is -3.56. The number of aromatic nitrogens is 6. The molecule has 34 heavy (non-hydrogen) atoms. The van der Waals surface area contributed by atoms with Gasteiger partial charge in [0.1, 0.15) is 10.6 Å². The van der Waals surface area contributed by atoms with Crippen LogP contribution in [-0.4, -0.2) is 46.8 Å². The predicted octanol–water partition coefficient (Wildman–Crippen LogP) is 4.34. The van der Waals surface area contributed by atoms with E-state index in [2.05, 4.69) is 39.6 Å². The molecule has 0 saturated heterocycles. The Kier molecular flexibility index (Phi) is 5.15. The van der Waals surface area contributed by atoms with Gasteiger partial charge in [-0.1, -0.05) is 30.3 Å². The van der Waals surface area contributed by atoms with Gasteiger partial charge < -0.3 is 19.6 Å². The largest absolute Gasteiger partial charge is 0.396 e. The van der Waals surface area contributed by atoms with Crippen molar-refractivity contribution in [2.75, 3.05) is 11.9 Å². The molecule has 5 aromatic rings. The molecule has 0 atom stereocenters. The number of anilines is 1. The minimum atomic E-state index is 0.230. The summed E-state index contributed by atoms with van der Waals surface area (Å²) in [7, 11) is 3.93. The molecule has 8 nitrogen and oxygen atoms in total. The third kappa shape index (κ3) is 3.57. The minimum absolute atomic E-state index is 0.230. The van der Waals surface area contributed by atoms with E-state index in [0.717, 1.165) is 56.4 Å². The van der Waals surface area contributed by atoms with E-state index in [1.807, 2.05) is 48.0 Å². The molecule has 0 bridgehead atoms. The second-order valence-corrected chi connectivity index (χ2v) is 9.89. The molecule has 1 saturated carbocycles. The summed E-state index contributed by atoms with van der Waals surface area (Å²) >= 11 is 1.63. The van der Waals surface area contributed by atoms with Gasteiger partial charge >= 0.3 is 0 Å². The fraction of sp³-hybridized carbons (Fsp3) is 0.280. The van der Waals surface area contributed by atoms with Crippen molar-refractivity contribution in [2.45, 2.75) is 18.9 Å². The number of aryl methyl sites for hydroxylation is 2. The van der Waals surface area contributed by atoms with E-state index in [9.17, 15) is 5.11 Å². The maximum atomic E-state index is 9.49. The van der Waals surface area contributed by atoms with Gasteiger partial charge in [0, 0.05) is 50.9 Å². The molecule has 9 heteroatoms. The first-order valence-electron chi connectivity index (χ1n) is 11.3. The molecule has 4 aromatic heterocycles. The summed E-state index contributed by atoms with van der Waals surface area (Å²) in [5.41, 5.74) is 3.11. The van der Waals surface area contributed by atoms with Crippen LogP contribution in [0.1, 0.15) is 12.8 Å². The van der Waals surface area contributed by atoms with Crippen molar-refractivity contribution in [3.05, 3.63) is 55.2 Å². The summed E-state index contributed by atoms with van der Waals surface area (Å²) in [5, 5.41) is 14.2. The summed E-state index contributed by atoms with van der Waals surface area (Å²) in [5.74, 6) is 2.47. The number of fused-ring (bicyclic) bond motifs is 1. The van der Waals surface area contributed by atoms with Crippen molar-refractivity contribution < 1.29 is 5.11 Å². The number of nitrogens with zero attached hydrogens (tertiary/aromatic N) is 6. The highest BCUT2D eigenvalue weighted by Gasteiger charge is 2.31. The van der Waals surface area contributed by atoms with Gasteiger partial charge in [-0.25, -0.2) is 19.9 Å². The van der Waals surface area contributed by atoms with Crippen molar-refractivity contribution in [1.29, 1.82) is 0 Å². The first-order valence-corrected chi connectivity index (χ1v) is 12.2. The zero-order valence-corrected chi connectivity index (χ0v) is 19.8. The average Bonchev–Trinajstić information content (AvgIpc) is 3.54. The molecule has 0 radical (unpaired) electrons. The maximum absolute atomic E-state index is 9.49. The highest BCUT2D eigenvalue weighted by atomic mass is 32.1. The molecule has 1 aliphatic carbocycles. The van der Waals surface area contributed by atoms with Crippen LogP contribution in [-0.2, 0) is 14.1 Å². The van der Waals surface area contributed by atoms with Gasteiger partial charge in [0.05, 0.1) is 22.3 Å². The van der Waals surface area contributed by atoms with E-state index in [1.165, 1.54) is 0 Å². The number of aliphatic hydroxyl groups excluding tert-OH is 1. The smallest absolute Gasteiger partial charge is 0.199 e. The molecular formula is C25H25N7OS. The Morgan fingerprint density at radius 3 is 2.62 bits per heavy atom. The van der Waals surface area contributed by atoms with Gasteiger partial charge in [-0.2, -0.15) is 0 Å². The van der Waals surface area contributed by atoms with Gasteiger partial charge in [-0.15, -0.1) is 11.3 Å². The summed E-state index contributed by atoms with van der Waals surface area (Å²) in [6.45, 7) is 0.230. The second kappa shape index (κ2) is 8.34. The maximum Gasteiger partial charge on any atom is 0.199 e. The van der Waals surface area contributed by atoms with Crippen LogP contribution in [0.2, 0.25) is 0 Å². The van der Waals surface area contributed by atoms with E-state index in [-0.39, 0.29) is 12.6 Å². The number of thiophene rings is 1. The Morgan fingerprint density at radius 1 is 1.12 bits per heavy atom. The van der Waals surface area contributed by atoms with Crippen LogP contribution >= 0.6 is 11.3 Å². The van der Waals surface area contributed by atoms with E-state index < -0.39 is 0 Å². The Labute approximate surface area is 201 Å². The normalized spacial score (nSPS) is 17.7. The van der Waals surface area contributed by atoms with Gasteiger partial charge in [-0.05, 0) is 24.3 Å². The highest BCUT2D eigenvalue weighted by Crippen LogP contribution is 2.47. The van der Waals surface area contributed by atoms with Crippen LogP contribution in [0.25, 0.3) is 43.6 Å². The molecule has 1 aromatic carbocycles. The van der Waals surface area contributed by atoms with Crippen molar-refractivity contribution >= 4 is 27.4 Å². The van der Waals surface area contributed by atoms with Crippen molar-refractivity contribution in [3.63, 3.8) is 0 Å². The van der Waals surface area contributed by atoms with E-state index in [4.69, 9.17) is 9.97 Å². The molecular weight excluding hydrogens is 446 g/mol. The van der Waals surface area contributed by atoms with Crippen LogP contribution in [0.15, 0.2) is 55.2 Å². The number of hydrogen-bond donors (Lipinski definition) is 2. The summed E-state index contributed by atoms with van der Waals surface area (Å²) in [6.07, 6.45) is 9.38. The van der Waals surface area contributed by atoms with Crippen LogP contribution in [0, 0.1) is 5.92 Å². The lowest BCUT2D eigenvalue weighted by Gasteiger charge is -2.35. The Balaban J connectivity index is 1.60. The number of nitrogens with one attached hydrogen (secondary N) is 1. The molecule has 0 unspecified atom stereocenters. The molecule has 2 N–H and O–H groups in total. The topological polar surface area (TPSA) is 93.7 Å².